The van der Waals surface area contributed by atoms with Crippen LogP contribution in [0.1, 0.15) is 27.5 Å². The molecule has 0 bridgehead atoms. The van der Waals surface area contributed by atoms with Gasteiger partial charge in [-0.3, -0.25) is 9.69 Å². The molecule has 0 saturated carbocycles. The largest absolute Gasteiger partial charge is 0.472 e. The third-order valence-electron chi connectivity index (χ3n) is 4.34. The minimum Gasteiger partial charge on any atom is -0.472 e. The minimum atomic E-state index is -4.41. The molecule has 2 heterocycles. The number of halogens is 3. The van der Waals surface area contributed by atoms with Gasteiger partial charge in [0.15, 0.2) is 0 Å². The first-order chi connectivity index (χ1) is 12.4. The van der Waals surface area contributed by atoms with E-state index in [0.717, 1.165) is 42.3 Å². The van der Waals surface area contributed by atoms with Crippen LogP contribution in [0, 0.1) is 0 Å². The van der Waals surface area contributed by atoms with E-state index in [4.69, 9.17) is 4.42 Å². The van der Waals surface area contributed by atoms with Gasteiger partial charge in [0.25, 0.3) is 5.91 Å². The number of nitrogens with zero attached hydrogens (tertiary/aromatic N) is 1. The zero-order valence-electron chi connectivity index (χ0n) is 14.0. The van der Waals surface area contributed by atoms with E-state index in [2.05, 4.69) is 10.2 Å². The number of furan rings is 1. The summed E-state index contributed by atoms with van der Waals surface area (Å²) in [7, 11) is 0. The number of rotatable bonds is 5. The molecule has 0 spiro atoms. The quantitative estimate of drug-likeness (QED) is 0.851. The van der Waals surface area contributed by atoms with Gasteiger partial charge in [0.1, 0.15) is 0 Å². The van der Waals surface area contributed by atoms with Crippen LogP contribution >= 0.6 is 11.8 Å². The predicted octanol–water partition coefficient (Wildman–Crippen LogP) is 3.82. The number of nitrogens with one attached hydrogen (secondary N) is 1. The molecule has 1 aromatic heterocycles. The molecular formula is C18H19F3N2O2S. The van der Waals surface area contributed by atoms with Crippen molar-refractivity contribution in [3.05, 3.63) is 59.5 Å². The van der Waals surface area contributed by atoms with Crippen LogP contribution in [0.3, 0.4) is 0 Å². The highest BCUT2D eigenvalue weighted by Gasteiger charge is 2.30. The molecule has 2 aromatic rings. The maximum Gasteiger partial charge on any atom is 0.416 e. The van der Waals surface area contributed by atoms with Gasteiger partial charge < -0.3 is 9.73 Å². The number of thioether (sulfide) groups is 1. The van der Waals surface area contributed by atoms with Crippen LogP contribution in [0.15, 0.2) is 47.3 Å². The lowest BCUT2D eigenvalue weighted by Crippen LogP contribution is -2.41. The number of alkyl halides is 3. The summed E-state index contributed by atoms with van der Waals surface area (Å²) < 4.78 is 43.0. The van der Waals surface area contributed by atoms with Crippen LogP contribution < -0.4 is 5.32 Å². The Balaban J connectivity index is 1.65. The van der Waals surface area contributed by atoms with Gasteiger partial charge in [-0.25, -0.2) is 0 Å². The normalized spacial score (nSPS) is 17.0. The third-order valence-corrected chi connectivity index (χ3v) is 5.29. The summed E-state index contributed by atoms with van der Waals surface area (Å²) in [5.74, 6) is 1.67. The van der Waals surface area contributed by atoms with Crippen molar-refractivity contribution in [2.75, 3.05) is 31.1 Å². The first kappa shape index (κ1) is 18.8. The summed E-state index contributed by atoms with van der Waals surface area (Å²) >= 11 is 1.89. The molecule has 4 nitrogen and oxygen atoms in total. The molecule has 140 valence electrons. The Hall–Kier alpha value is -1.93. The number of hydrogen-bond donors (Lipinski definition) is 1. The van der Waals surface area contributed by atoms with Crippen LogP contribution in [-0.4, -0.2) is 41.9 Å². The Kier molecular flexibility index (Phi) is 5.93. The van der Waals surface area contributed by atoms with Gasteiger partial charge in [-0.2, -0.15) is 24.9 Å². The van der Waals surface area contributed by atoms with E-state index >= 15 is 0 Å². The van der Waals surface area contributed by atoms with Crippen molar-refractivity contribution >= 4 is 17.7 Å². The molecule has 1 saturated heterocycles. The second kappa shape index (κ2) is 8.18. The molecule has 1 aromatic carbocycles. The summed E-state index contributed by atoms with van der Waals surface area (Å²) in [6.07, 6.45) is -1.15. The smallest absolute Gasteiger partial charge is 0.416 e. The molecule has 1 N–H and O–H groups in total. The lowest BCUT2D eigenvalue weighted by molar-refractivity contribution is -0.137. The van der Waals surface area contributed by atoms with E-state index in [1.165, 1.54) is 12.1 Å². The maximum atomic E-state index is 12.6. The zero-order chi connectivity index (χ0) is 18.6. The Morgan fingerprint density at radius 3 is 2.46 bits per heavy atom. The molecule has 0 radical (unpaired) electrons. The second-order valence-electron chi connectivity index (χ2n) is 6.01. The van der Waals surface area contributed by atoms with E-state index in [1.54, 1.807) is 12.5 Å². The topological polar surface area (TPSA) is 45.5 Å². The van der Waals surface area contributed by atoms with E-state index in [-0.39, 0.29) is 11.6 Å². The SMILES string of the molecule is O=C(NC[C@H](c1ccoc1)N1CCSCC1)c1ccc(C(F)(F)F)cc1. The second-order valence-corrected chi connectivity index (χ2v) is 7.23. The van der Waals surface area contributed by atoms with Gasteiger partial charge >= 0.3 is 6.18 Å². The van der Waals surface area contributed by atoms with Crippen molar-refractivity contribution in [3.63, 3.8) is 0 Å². The van der Waals surface area contributed by atoms with Gasteiger partial charge in [-0.15, -0.1) is 0 Å². The molecular weight excluding hydrogens is 365 g/mol. The summed E-state index contributed by atoms with van der Waals surface area (Å²) in [6.45, 7) is 2.19. The van der Waals surface area contributed by atoms with E-state index in [0.29, 0.717) is 6.54 Å². The van der Waals surface area contributed by atoms with Gasteiger partial charge in [-0.05, 0) is 30.3 Å². The lowest BCUT2D eigenvalue weighted by atomic mass is 10.1. The standard InChI is InChI=1S/C18H19F3N2O2S/c19-18(20,21)15-3-1-13(2-4-15)17(24)22-11-16(14-5-8-25-12-14)23-6-9-26-10-7-23/h1-5,8,12,16H,6-7,9-11H2,(H,22,24)/t16-/m1/s1. The highest BCUT2D eigenvalue weighted by atomic mass is 32.2. The fourth-order valence-corrected chi connectivity index (χ4v) is 3.84. The summed E-state index contributed by atoms with van der Waals surface area (Å²) in [4.78, 5) is 14.6. The van der Waals surface area contributed by atoms with Gasteiger partial charge in [0.2, 0.25) is 0 Å². The average Bonchev–Trinajstić information content (AvgIpc) is 3.16. The fourth-order valence-electron chi connectivity index (χ4n) is 2.91. The highest BCUT2D eigenvalue weighted by Crippen LogP contribution is 2.29. The molecule has 1 amide bonds. The third kappa shape index (κ3) is 4.62. The van der Waals surface area contributed by atoms with Crippen LogP contribution in [0.2, 0.25) is 0 Å². The van der Waals surface area contributed by atoms with Crippen molar-refractivity contribution in [2.45, 2.75) is 12.2 Å². The Labute approximate surface area is 153 Å². The van der Waals surface area contributed by atoms with Crippen molar-refractivity contribution in [2.24, 2.45) is 0 Å². The number of carbonyl (C=O) groups excluding carboxylic acids is 1. The molecule has 1 aliphatic heterocycles. The van der Waals surface area contributed by atoms with Gasteiger partial charge in [0.05, 0.1) is 24.1 Å². The molecule has 1 fully saturated rings. The Morgan fingerprint density at radius 2 is 1.88 bits per heavy atom. The van der Waals surface area contributed by atoms with Gasteiger partial charge in [-0.1, -0.05) is 0 Å². The first-order valence-electron chi connectivity index (χ1n) is 8.24. The summed E-state index contributed by atoms with van der Waals surface area (Å²) in [6, 6.07) is 6.09. The van der Waals surface area contributed by atoms with Crippen molar-refractivity contribution in [1.29, 1.82) is 0 Å². The number of hydrogen-bond acceptors (Lipinski definition) is 4. The highest BCUT2D eigenvalue weighted by molar-refractivity contribution is 7.99. The molecule has 8 heteroatoms. The summed E-state index contributed by atoms with van der Waals surface area (Å²) in [5.41, 5.74) is 0.416. The van der Waals surface area contributed by atoms with Crippen molar-refractivity contribution < 1.29 is 22.4 Å². The molecule has 0 aliphatic carbocycles. The number of carbonyl (C=O) groups is 1. The Bertz CT molecular complexity index is 711. The van der Waals surface area contributed by atoms with Crippen LogP contribution in [0.5, 0.6) is 0 Å². The minimum absolute atomic E-state index is 0.0203. The van der Waals surface area contributed by atoms with Crippen LogP contribution in [-0.2, 0) is 6.18 Å². The van der Waals surface area contributed by atoms with Crippen molar-refractivity contribution in [1.82, 2.24) is 10.2 Å². The number of benzene rings is 1. The fraction of sp³-hybridized carbons (Fsp3) is 0.389. The van der Waals surface area contributed by atoms with Gasteiger partial charge in [0, 0.05) is 42.3 Å². The van der Waals surface area contributed by atoms with Crippen molar-refractivity contribution in [3.8, 4) is 0 Å². The molecule has 1 atom stereocenters. The summed E-state index contributed by atoms with van der Waals surface area (Å²) in [5, 5.41) is 2.83. The van der Waals surface area contributed by atoms with E-state index in [9.17, 15) is 18.0 Å². The number of amides is 1. The average molecular weight is 384 g/mol. The maximum absolute atomic E-state index is 12.6. The lowest BCUT2D eigenvalue weighted by Gasteiger charge is -2.34. The van der Waals surface area contributed by atoms with E-state index < -0.39 is 17.6 Å². The predicted molar refractivity (Wildman–Crippen MR) is 94.1 cm³/mol. The molecule has 0 unspecified atom stereocenters. The van der Waals surface area contributed by atoms with E-state index in [1.807, 2.05) is 17.8 Å². The monoisotopic (exact) mass is 384 g/mol. The zero-order valence-corrected chi connectivity index (χ0v) is 14.8. The molecule has 26 heavy (non-hydrogen) atoms. The van der Waals surface area contributed by atoms with Crippen LogP contribution in [0.25, 0.3) is 0 Å². The Morgan fingerprint density at radius 1 is 1.19 bits per heavy atom. The van der Waals surface area contributed by atoms with Crippen LogP contribution in [0.4, 0.5) is 13.2 Å². The first-order valence-corrected chi connectivity index (χ1v) is 9.40. The molecule has 1 aliphatic rings. The molecule has 3 rings (SSSR count).